The molecule has 1 amide bonds. The van der Waals surface area contributed by atoms with E-state index in [9.17, 15) is 19.7 Å². The molecule has 1 aromatic heterocycles. The van der Waals surface area contributed by atoms with Crippen LogP contribution in [0.5, 0.6) is 0 Å². The number of hydrogen-bond acceptors (Lipinski definition) is 5. The number of nitrogens with one attached hydrogen (secondary N) is 1. The fourth-order valence-electron chi connectivity index (χ4n) is 2.24. The van der Waals surface area contributed by atoms with Gasteiger partial charge < -0.3 is 9.73 Å². The van der Waals surface area contributed by atoms with E-state index in [1.54, 1.807) is 18.2 Å². The summed E-state index contributed by atoms with van der Waals surface area (Å²) >= 11 is 6.60. The van der Waals surface area contributed by atoms with Crippen molar-refractivity contribution in [3.63, 3.8) is 0 Å². The molecule has 0 aliphatic carbocycles. The molecule has 1 N–H and O–H groups in total. The Morgan fingerprint density at radius 2 is 1.88 bits per heavy atom. The second kappa shape index (κ2) is 6.77. The molecule has 25 heavy (non-hydrogen) atoms. The van der Waals surface area contributed by atoms with E-state index >= 15 is 0 Å². The summed E-state index contributed by atoms with van der Waals surface area (Å²) in [6.45, 7) is 0. The van der Waals surface area contributed by atoms with Gasteiger partial charge in [0.15, 0.2) is 5.58 Å². The maximum absolute atomic E-state index is 12.4. The molecule has 2 aromatic carbocycles. The summed E-state index contributed by atoms with van der Waals surface area (Å²) in [4.78, 5) is 34.9. The van der Waals surface area contributed by atoms with E-state index < -0.39 is 16.5 Å². The van der Waals surface area contributed by atoms with Gasteiger partial charge in [0.25, 0.3) is 11.6 Å². The second-order valence-electron chi connectivity index (χ2n) is 4.98. The van der Waals surface area contributed by atoms with Crippen molar-refractivity contribution in [2.24, 2.45) is 0 Å². The number of rotatable bonds is 3. The van der Waals surface area contributed by atoms with Crippen LogP contribution >= 0.6 is 31.9 Å². The highest BCUT2D eigenvalue weighted by Gasteiger charge is 2.19. The van der Waals surface area contributed by atoms with Crippen molar-refractivity contribution in [2.75, 3.05) is 5.32 Å². The normalized spacial score (nSPS) is 10.6. The fourth-order valence-corrected chi connectivity index (χ4v) is 3.58. The quantitative estimate of drug-likeness (QED) is 0.347. The highest BCUT2D eigenvalue weighted by atomic mass is 79.9. The third-order valence-corrected chi connectivity index (χ3v) is 4.39. The molecule has 3 rings (SSSR count). The molecule has 0 atom stereocenters. The molecule has 9 heteroatoms. The average Bonchev–Trinajstić information content (AvgIpc) is 2.55. The first-order chi connectivity index (χ1) is 11.9. The molecule has 0 radical (unpaired) electrons. The van der Waals surface area contributed by atoms with Crippen LogP contribution < -0.4 is 10.9 Å². The Bertz CT molecular complexity index is 1080. The topological polar surface area (TPSA) is 102 Å². The first kappa shape index (κ1) is 17.3. The number of nitrogens with zero attached hydrogens (tertiary/aromatic N) is 1. The van der Waals surface area contributed by atoms with Gasteiger partial charge in [-0.1, -0.05) is 28.1 Å². The summed E-state index contributed by atoms with van der Waals surface area (Å²) in [6.07, 6.45) is 0. The van der Waals surface area contributed by atoms with Crippen LogP contribution in [0.2, 0.25) is 0 Å². The van der Waals surface area contributed by atoms with E-state index in [2.05, 4.69) is 37.2 Å². The SMILES string of the molecule is O=C(Nc1ccccc1[N+](=O)[O-])c1cc2cc(Br)cc(Br)c2oc1=O. The minimum Gasteiger partial charge on any atom is -0.421 e. The number of carbonyl (C=O) groups is 1. The van der Waals surface area contributed by atoms with E-state index in [0.29, 0.717) is 15.4 Å². The molecule has 0 unspecified atom stereocenters. The molecular formula is C16H8Br2N2O5. The first-order valence-electron chi connectivity index (χ1n) is 6.84. The van der Waals surface area contributed by atoms with Gasteiger partial charge >= 0.3 is 5.63 Å². The van der Waals surface area contributed by atoms with Crippen molar-refractivity contribution < 1.29 is 14.1 Å². The number of amides is 1. The third-order valence-electron chi connectivity index (χ3n) is 3.35. The molecule has 0 aliphatic rings. The van der Waals surface area contributed by atoms with Crippen molar-refractivity contribution in [3.05, 3.63) is 77.5 Å². The molecule has 7 nitrogen and oxygen atoms in total. The van der Waals surface area contributed by atoms with E-state index in [-0.39, 0.29) is 16.9 Å². The van der Waals surface area contributed by atoms with Crippen molar-refractivity contribution in [1.29, 1.82) is 0 Å². The van der Waals surface area contributed by atoms with Gasteiger partial charge in [0.05, 0.1) is 9.40 Å². The van der Waals surface area contributed by atoms with Crippen LogP contribution in [0, 0.1) is 10.1 Å². The molecule has 126 valence electrons. The Kier molecular flexibility index (Phi) is 4.69. The summed E-state index contributed by atoms with van der Waals surface area (Å²) in [6, 6.07) is 10.4. The Morgan fingerprint density at radius 3 is 2.60 bits per heavy atom. The number of fused-ring (bicyclic) bond motifs is 1. The molecule has 0 bridgehead atoms. The largest absolute Gasteiger partial charge is 0.421 e. The maximum atomic E-state index is 12.4. The van der Waals surface area contributed by atoms with Crippen LogP contribution in [-0.2, 0) is 0 Å². The Labute approximate surface area is 157 Å². The van der Waals surface area contributed by atoms with Gasteiger partial charge in [0, 0.05) is 15.9 Å². The average molecular weight is 468 g/mol. The van der Waals surface area contributed by atoms with Crippen LogP contribution in [0.1, 0.15) is 10.4 Å². The lowest BCUT2D eigenvalue weighted by molar-refractivity contribution is -0.383. The van der Waals surface area contributed by atoms with Gasteiger partial charge in [-0.2, -0.15) is 0 Å². The number of hydrogen-bond donors (Lipinski definition) is 1. The number of carbonyl (C=O) groups excluding carboxylic acids is 1. The molecule has 0 aliphatic heterocycles. The number of para-hydroxylation sites is 2. The van der Waals surface area contributed by atoms with Crippen LogP contribution in [0.15, 0.2) is 60.6 Å². The lowest BCUT2D eigenvalue weighted by atomic mass is 10.1. The van der Waals surface area contributed by atoms with Crippen LogP contribution in [0.4, 0.5) is 11.4 Å². The maximum Gasteiger partial charge on any atom is 0.349 e. The van der Waals surface area contributed by atoms with Gasteiger partial charge in [0.1, 0.15) is 11.3 Å². The van der Waals surface area contributed by atoms with Gasteiger partial charge in [-0.05, 0) is 40.2 Å². The highest BCUT2D eigenvalue weighted by Crippen LogP contribution is 2.28. The minimum absolute atomic E-state index is 0.00702. The number of nitro benzene ring substituents is 1. The summed E-state index contributed by atoms with van der Waals surface area (Å²) in [7, 11) is 0. The minimum atomic E-state index is -0.841. The number of benzene rings is 2. The molecule has 0 saturated carbocycles. The van der Waals surface area contributed by atoms with E-state index in [1.165, 1.54) is 24.3 Å². The molecule has 0 fully saturated rings. The van der Waals surface area contributed by atoms with Crippen molar-refractivity contribution in [2.45, 2.75) is 0 Å². The Hall–Kier alpha value is -2.52. The Morgan fingerprint density at radius 1 is 1.16 bits per heavy atom. The zero-order valence-corrected chi connectivity index (χ0v) is 15.5. The highest BCUT2D eigenvalue weighted by molar-refractivity contribution is 9.11. The van der Waals surface area contributed by atoms with Crippen molar-refractivity contribution >= 4 is 60.1 Å². The van der Waals surface area contributed by atoms with Gasteiger partial charge in [0.2, 0.25) is 0 Å². The van der Waals surface area contributed by atoms with Crippen LogP contribution in [-0.4, -0.2) is 10.8 Å². The standard InChI is InChI=1S/C16H8Br2N2O5/c17-9-5-8-6-10(16(22)25-14(8)11(18)7-9)15(21)19-12-3-1-2-4-13(12)20(23)24/h1-7H,(H,19,21). The Balaban J connectivity index is 2.05. The zero-order chi connectivity index (χ0) is 18.1. The fraction of sp³-hybridized carbons (Fsp3) is 0. The predicted octanol–water partition coefficient (Wildman–Crippen LogP) is 4.48. The lowest BCUT2D eigenvalue weighted by Gasteiger charge is -2.06. The smallest absolute Gasteiger partial charge is 0.349 e. The van der Waals surface area contributed by atoms with Crippen LogP contribution in [0.3, 0.4) is 0 Å². The van der Waals surface area contributed by atoms with Gasteiger partial charge in [-0.3, -0.25) is 14.9 Å². The molecule has 0 saturated heterocycles. The first-order valence-corrected chi connectivity index (χ1v) is 8.43. The zero-order valence-electron chi connectivity index (χ0n) is 12.3. The van der Waals surface area contributed by atoms with Gasteiger partial charge in [-0.15, -0.1) is 0 Å². The second-order valence-corrected chi connectivity index (χ2v) is 6.75. The van der Waals surface area contributed by atoms with Crippen LogP contribution in [0.25, 0.3) is 11.0 Å². The molecule has 3 aromatic rings. The lowest BCUT2D eigenvalue weighted by Crippen LogP contribution is -2.21. The van der Waals surface area contributed by atoms with E-state index in [1.807, 2.05) is 0 Å². The van der Waals surface area contributed by atoms with Gasteiger partial charge in [-0.25, -0.2) is 4.79 Å². The number of nitro groups is 1. The predicted molar refractivity (Wildman–Crippen MR) is 98.9 cm³/mol. The summed E-state index contributed by atoms with van der Waals surface area (Å²) < 4.78 is 6.48. The third kappa shape index (κ3) is 3.47. The van der Waals surface area contributed by atoms with Crippen molar-refractivity contribution in [1.82, 2.24) is 0 Å². The number of anilines is 1. The summed E-state index contributed by atoms with van der Waals surface area (Å²) in [5, 5.41) is 13.9. The van der Waals surface area contributed by atoms with E-state index in [0.717, 1.165) is 4.47 Å². The summed E-state index contributed by atoms with van der Waals surface area (Å²) in [5.41, 5.74) is -1.07. The van der Waals surface area contributed by atoms with E-state index in [4.69, 9.17) is 4.42 Å². The number of halogens is 2. The molecule has 1 heterocycles. The van der Waals surface area contributed by atoms with Crippen molar-refractivity contribution in [3.8, 4) is 0 Å². The molecule has 0 spiro atoms. The molecular weight excluding hydrogens is 460 g/mol. The summed E-state index contributed by atoms with van der Waals surface area (Å²) in [5.74, 6) is -0.791. The monoisotopic (exact) mass is 466 g/mol.